The van der Waals surface area contributed by atoms with Gasteiger partial charge in [0.1, 0.15) is 0 Å². The molecule has 1 aromatic rings. The van der Waals surface area contributed by atoms with E-state index in [1.165, 1.54) is 16.8 Å². The van der Waals surface area contributed by atoms with Crippen molar-refractivity contribution in [3.05, 3.63) is 29.3 Å². The van der Waals surface area contributed by atoms with E-state index in [-0.39, 0.29) is 5.91 Å². The maximum Gasteiger partial charge on any atom is 0.219 e. The molecule has 2 aliphatic heterocycles. The summed E-state index contributed by atoms with van der Waals surface area (Å²) in [4.78, 5) is 13.3. The van der Waals surface area contributed by atoms with E-state index in [0.717, 1.165) is 39.0 Å². The van der Waals surface area contributed by atoms with Crippen LogP contribution in [-0.4, -0.2) is 29.9 Å². The SMILES string of the molecule is CC(=O)N1CCC(Nc2cccc3c2CNC3)CC1. The first-order valence-corrected chi connectivity index (χ1v) is 7.07. The van der Waals surface area contributed by atoms with Crippen LogP contribution in [0.25, 0.3) is 0 Å². The van der Waals surface area contributed by atoms with Crippen LogP contribution in [0.5, 0.6) is 0 Å². The molecule has 1 saturated heterocycles. The molecule has 1 amide bonds. The maximum atomic E-state index is 11.3. The highest BCUT2D eigenvalue weighted by Crippen LogP contribution is 2.26. The zero-order valence-corrected chi connectivity index (χ0v) is 11.4. The minimum Gasteiger partial charge on any atom is -0.382 e. The van der Waals surface area contributed by atoms with E-state index in [2.05, 4.69) is 28.8 Å². The van der Waals surface area contributed by atoms with Crippen LogP contribution in [0.2, 0.25) is 0 Å². The average Bonchev–Trinajstić information content (AvgIpc) is 2.89. The van der Waals surface area contributed by atoms with Crippen LogP contribution >= 0.6 is 0 Å². The lowest BCUT2D eigenvalue weighted by Gasteiger charge is -2.32. The largest absolute Gasteiger partial charge is 0.382 e. The fraction of sp³-hybridized carbons (Fsp3) is 0.533. The minimum absolute atomic E-state index is 0.197. The number of nitrogens with zero attached hydrogens (tertiary/aromatic N) is 1. The monoisotopic (exact) mass is 259 g/mol. The van der Waals surface area contributed by atoms with Crippen molar-refractivity contribution in [1.29, 1.82) is 0 Å². The molecule has 2 N–H and O–H groups in total. The standard InChI is InChI=1S/C15H21N3O/c1-11(19)18-7-5-13(6-8-18)17-15-4-2-3-12-9-16-10-14(12)15/h2-4,13,16-17H,5-10H2,1H3. The van der Waals surface area contributed by atoms with E-state index in [1.807, 2.05) is 4.90 Å². The number of hydrogen-bond donors (Lipinski definition) is 2. The number of fused-ring (bicyclic) bond motifs is 1. The van der Waals surface area contributed by atoms with Crippen molar-refractivity contribution in [3.8, 4) is 0 Å². The van der Waals surface area contributed by atoms with Crippen molar-refractivity contribution < 1.29 is 4.79 Å². The summed E-state index contributed by atoms with van der Waals surface area (Å²) < 4.78 is 0. The lowest BCUT2D eigenvalue weighted by molar-refractivity contribution is -0.129. The normalized spacial score (nSPS) is 19.3. The number of nitrogens with one attached hydrogen (secondary N) is 2. The van der Waals surface area contributed by atoms with E-state index in [4.69, 9.17) is 0 Å². The lowest BCUT2D eigenvalue weighted by Crippen LogP contribution is -2.41. The van der Waals surface area contributed by atoms with Gasteiger partial charge in [0.25, 0.3) is 0 Å². The van der Waals surface area contributed by atoms with Crippen molar-refractivity contribution in [2.45, 2.75) is 38.9 Å². The van der Waals surface area contributed by atoms with E-state index in [1.54, 1.807) is 6.92 Å². The minimum atomic E-state index is 0.197. The summed E-state index contributed by atoms with van der Waals surface area (Å²) in [5, 5.41) is 7.06. The fourth-order valence-corrected chi connectivity index (χ4v) is 3.03. The molecule has 0 unspecified atom stereocenters. The predicted octanol–water partition coefficient (Wildman–Crippen LogP) is 1.71. The lowest BCUT2D eigenvalue weighted by atomic mass is 10.0. The molecule has 102 valence electrons. The second-order valence-electron chi connectivity index (χ2n) is 5.47. The van der Waals surface area contributed by atoms with E-state index in [0.29, 0.717) is 6.04 Å². The molecule has 0 aliphatic carbocycles. The van der Waals surface area contributed by atoms with Gasteiger partial charge >= 0.3 is 0 Å². The third-order valence-electron chi connectivity index (χ3n) is 4.19. The summed E-state index contributed by atoms with van der Waals surface area (Å²) in [5.74, 6) is 0.197. The third-order valence-corrected chi connectivity index (χ3v) is 4.19. The summed E-state index contributed by atoms with van der Waals surface area (Å²) in [6, 6.07) is 6.98. The van der Waals surface area contributed by atoms with Crippen LogP contribution in [-0.2, 0) is 17.9 Å². The van der Waals surface area contributed by atoms with Crippen molar-refractivity contribution >= 4 is 11.6 Å². The third kappa shape index (κ3) is 2.59. The van der Waals surface area contributed by atoms with Crippen LogP contribution in [0.4, 0.5) is 5.69 Å². The highest BCUT2D eigenvalue weighted by atomic mass is 16.2. The number of piperidine rings is 1. The Morgan fingerprint density at radius 1 is 1.32 bits per heavy atom. The van der Waals surface area contributed by atoms with Crippen LogP contribution in [0.3, 0.4) is 0 Å². The van der Waals surface area contributed by atoms with Crippen LogP contribution < -0.4 is 10.6 Å². The van der Waals surface area contributed by atoms with Crippen LogP contribution in [0.15, 0.2) is 18.2 Å². The predicted molar refractivity (Wildman–Crippen MR) is 75.9 cm³/mol. The first kappa shape index (κ1) is 12.5. The summed E-state index contributed by atoms with van der Waals surface area (Å²) in [6.07, 6.45) is 2.08. The summed E-state index contributed by atoms with van der Waals surface area (Å²) in [5.41, 5.74) is 4.09. The first-order chi connectivity index (χ1) is 9.24. The number of amides is 1. The molecule has 4 heteroatoms. The molecule has 2 heterocycles. The quantitative estimate of drug-likeness (QED) is 0.850. The Balaban J connectivity index is 1.64. The van der Waals surface area contributed by atoms with E-state index in [9.17, 15) is 4.79 Å². The van der Waals surface area contributed by atoms with E-state index >= 15 is 0 Å². The van der Waals surface area contributed by atoms with Gasteiger partial charge in [-0.25, -0.2) is 0 Å². The molecule has 4 nitrogen and oxygen atoms in total. The molecular formula is C15H21N3O. The van der Waals surface area contributed by atoms with Crippen molar-refractivity contribution in [1.82, 2.24) is 10.2 Å². The van der Waals surface area contributed by atoms with Gasteiger partial charge in [0.05, 0.1) is 0 Å². The Morgan fingerprint density at radius 3 is 2.84 bits per heavy atom. The van der Waals surface area contributed by atoms with Crippen LogP contribution in [0, 0.1) is 0 Å². The topological polar surface area (TPSA) is 44.4 Å². The number of carbonyl (C=O) groups excluding carboxylic acids is 1. The second-order valence-corrected chi connectivity index (χ2v) is 5.47. The molecule has 2 aliphatic rings. The molecule has 0 radical (unpaired) electrons. The summed E-state index contributed by atoms with van der Waals surface area (Å²) >= 11 is 0. The number of benzene rings is 1. The molecule has 19 heavy (non-hydrogen) atoms. The van der Waals surface area contributed by atoms with Gasteiger partial charge in [-0.2, -0.15) is 0 Å². The molecular weight excluding hydrogens is 238 g/mol. The summed E-state index contributed by atoms with van der Waals surface area (Å²) in [6.45, 7) is 5.35. The Hall–Kier alpha value is -1.55. The molecule has 1 fully saturated rings. The Bertz CT molecular complexity index is 478. The fourth-order valence-electron chi connectivity index (χ4n) is 3.03. The van der Waals surface area contributed by atoms with Gasteiger partial charge in [-0.15, -0.1) is 0 Å². The smallest absolute Gasteiger partial charge is 0.219 e. The molecule has 0 bridgehead atoms. The first-order valence-electron chi connectivity index (χ1n) is 7.07. The van der Waals surface area contributed by atoms with Gasteiger partial charge in [-0.3, -0.25) is 4.79 Å². The number of anilines is 1. The van der Waals surface area contributed by atoms with Gasteiger partial charge < -0.3 is 15.5 Å². The van der Waals surface area contributed by atoms with Gasteiger partial charge in [0.2, 0.25) is 5.91 Å². The summed E-state index contributed by atoms with van der Waals surface area (Å²) in [7, 11) is 0. The molecule has 1 aromatic carbocycles. The van der Waals surface area contributed by atoms with Crippen molar-refractivity contribution in [3.63, 3.8) is 0 Å². The van der Waals surface area contributed by atoms with Gasteiger partial charge in [0, 0.05) is 44.8 Å². The molecule has 0 saturated carbocycles. The zero-order valence-electron chi connectivity index (χ0n) is 11.4. The van der Waals surface area contributed by atoms with Gasteiger partial charge in [-0.1, -0.05) is 12.1 Å². The van der Waals surface area contributed by atoms with Crippen molar-refractivity contribution in [2.24, 2.45) is 0 Å². The Labute approximate surface area is 114 Å². The maximum absolute atomic E-state index is 11.3. The second kappa shape index (κ2) is 5.21. The number of hydrogen-bond acceptors (Lipinski definition) is 3. The molecule has 0 atom stereocenters. The zero-order chi connectivity index (χ0) is 13.2. The molecule has 3 rings (SSSR count). The highest BCUT2D eigenvalue weighted by Gasteiger charge is 2.22. The van der Waals surface area contributed by atoms with E-state index < -0.39 is 0 Å². The number of rotatable bonds is 2. The Kier molecular flexibility index (Phi) is 3.42. The molecule has 0 aromatic heterocycles. The van der Waals surface area contributed by atoms with Crippen molar-refractivity contribution in [2.75, 3.05) is 18.4 Å². The molecule has 0 spiro atoms. The Morgan fingerprint density at radius 2 is 2.11 bits per heavy atom. The number of carbonyl (C=O) groups is 1. The highest BCUT2D eigenvalue weighted by molar-refractivity contribution is 5.73. The van der Waals surface area contributed by atoms with Crippen LogP contribution in [0.1, 0.15) is 30.9 Å². The van der Waals surface area contributed by atoms with Gasteiger partial charge in [-0.05, 0) is 30.0 Å². The van der Waals surface area contributed by atoms with Gasteiger partial charge in [0.15, 0.2) is 0 Å². The number of likely N-dealkylation sites (tertiary alicyclic amines) is 1. The average molecular weight is 259 g/mol.